The molecule has 1 aromatic heterocycles. The van der Waals surface area contributed by atoms with Crippen LogP contribution in [0.15, 0.2) is 54.7 Å². The summed E-state index contributed by atoms with van der Waals surface area (Å²) in [6.07, 6.45) is 2.19. The van der Waals surface area contributed by atoms with Gasteiger partial charge in [0.25, 0.3) is 5.69 Å². The Morgan fingerprint density at radius 3 is 2.79 bits per heavy atom. The van der Waals surface area contributed by atoms with Crippen molar-refractivity contribution in [2.24, 2.45) is 7.05 Å². The SMILES string of the molecule is COCCNC(=O)C[C@H](c1cccc([N+](=O)[O-])c1)c1cn(C)c2ccccc12. The van der Waals surface area contributed by atoms with E-state index in [9.17, 15) is 14.9 Å². The van der Waals surface area contributed by atoms with E-state index in [0.717, 1.165) is 22.0 Å². The van der Waals surface area contributed by atoms with Crippen LogP contribution in [0.25, 0.3) is 10.9 Å². The maximum absolute atomic E-state index is 12.5. The van der Waals surface area contributed by atoms with Gasteiger partial charge in [-0.2, -0.15) is 0 Å². The molecular formula is C21H23N3O4. The normalized spacial score (nSPS) is 12.1. The molecule has 3 rings (SSSR count). The maximum atomic E-state index is 12.5. The van der Waals surface area contributed by atoms with Crippen LogP contribution in [-0.4, -0.2) is 35.7 Å². The lowest BCUT2D eigenvalue weighted by atomic mass is 9.87. The van der Waals surface area contributed by atoms with E-state index in [4.69, 9.17) is 4.74 Å². The minimum absolute atomic E-state index is 0.0162. The van der Waals surface area contributed by atoms with Gasteiger partial charge in [0.1, 0.15) is 0 Å². The summed E-state index contributed by atoms with van der Waals surface area (Å²) in [6, 6.07) is 14.5. The van der Waals surface area contributed by atoms with E-state index in [1.54, 1.807) is 19.2 Å². The molecule has 0 saturated carbocycles. The van der Waals surface area contributed by atoms with E-state index >= 15 is 0 Å². The number of benzene rings is 2. The number of nitrogens with one attached hydrogen (secondary N) is 1. The van der Waals surface area contributed by atoms with Crippen molar-refractivity contribution in [3.05, 3.63) is 76.0 Å². The number of para-hydroxylation sites is 1. The van der Waals surface area contributed by atoms with Gasteiger partial charge in [-0.15, -0.1) is 0 Å². The summed E-state index contributed by atoms with van der Waals surface area (Å²) in [4.78, 5) is 23.3. The Kier molecular flexibility index (Phi) is 6.06. The summed E-state index contributed by atoms with van der Waals surface area (Å²) < 4.78 is 6.99. The molecule has 0 aliphatic carbocycles. The molecule has 1 amide bonds. The van der Waals surface area contributed by atoms with Crippen molar-refractivity contribution in [1.29, 1.82) is 0 Å². The van der Waals surface area contributed by atoms with Crippen LogP contribution >= 0.6 is 0 Å². The number of amides is 1. The largest absolute Gasteiger partial charge is 0.383 e. The molecule has 0 fully saturated rings. The minimum atomic E-state index is -0.414. The molecule has 3 aromatic rings. The number of ether oxygens (including phenoxy) is 1. The summed E-state index contributed by atoms with van der Waals surface area (Å²) in [7, 11) is 3.53. The van der Waals surface area contributed by atoms with E-state index in [-0.39, 0.29) is 23.9 Å². The number of carbonyl (C=O) groups is 1. The zero-order valence-electron chi connectivity index (χ0n) is 15.9. The standard InChI is InChI=1S/C21H23N3O4/c1-23-14-19(17-8-3-4-9-20(17)23)18(13-21(25)22-10-11-28-2)15-6-5-7-16(12-15)24(26)27/h3-9,12,14,18H,10-11,13H2,1-2H3,(H,22,25)/t18-/m1/s1. The quantitative estimate of drug-likeness (QED) is 0.368. The Bertz CT molecular complexity index is 996. The van der Waals surface area contributed by atoms with E-state index in [1.165, 1.54) is 6.07 Å². The number of hydrogen-bond acceptors (Lipinski definition) is 4. The fourth-order valence-electron chi connectivity index (χ4n) is 3.46. The molecule has 0 unspecified atom stereocenters. The lowest BCUT2D eigenvalue weighted by molar-refractivity contribution is -0.384. The fourth-order valence-corrected chi connectivity index (χ4v) is 3.46. The first-order valence-corrected chi connectivity index (χ1v) is 9.05. The van der Waals surface area contributed by atoms with Gasteiger partial charge in [0.15, 0.2) is 0 Å². The Morgan fingerprint density at radius 1 is 1.25 bits per heavy atom. The molecule has 2 aromatic carbocycles. The number of fused-ring (bicyclic) bond motifs is 1. The highest BCUT2D eigenvalue weighted by atomic mass is 16.6. The monoisotopic (exact) mass is 381 g/mol. The average molecular weight is 381 g/mol. The zero-order chi connectivity index (χ0) is 20.1. The second-order valence-corrected chi connectivity index (χ2v) is 6.66. The lowest BCUT2D eigenvalue weighted by Gasteiger charge is -2.17. The van der Waals surface area contributed by atoms with E-state index in [0.29, 0.717) is 13.2 Å². The van der Waals surface area contributed by atoms with Crippen LogP contribution in [-0.2, 0) is 16.6 Å². The van der Waals surface area contributed by atoms with Crippen molar-refractivity contribution < 1.29 is 14.5 Å². The van der Waals surface area contributed by atoms with Crippen LogP contribution in [0.5, 0.6) is 0 Å². The van der Waals surface area contributed by atoms with Gasteiger partial charge in [-0.1, -0.05) is 30.3 Å². The first kappa shape index (κ1) is 19.6. The smallest absolute Gasteiger partial charge is 0.269 e. The summed E-state index contributed by atoms with van der Waals surface area (Å²) in [5, 5.41) is 15.1. The van der Waals surface area contributed by atoms with E-state index in [2.05, 4.69) is 5.32 Å². The number of hydrogen-bond donors (Lipinski definition) is 1. The Balaban J connectivity index is 2.02. The molecule has 1 heterocycles. The summed E-state index contributed by atoms with van der Waals surface area (Å²) in [5.41, 5.74) is 2.78. The first-order chi connectivity index (χ1) is 13.5. The molecule has 1 atom stereocenters. The van der Waals surface area contributed by atoms with Gasteiger partial charge in [-0.3, -0.25) is 14.9 Å². The predicted octanol–water partition coefficient (Wildman–Crippen LogP) is 3.37. The molecule has 0 aliphatic rings. The highest BCUT2D eigenvalue weighted by molar-refractivity contribution is 5.86. The first-order valence-electron chi connectivity index (χ1n) is 9.05. The Hall–Kier alpha value is -3.19. The van der Waals surface area contributed by atoms with Gasteiger partial charge in [0, 0.05) is 62.3 Å². The van der Waals surface area contributed by atoms with Gasteiger partial charge >= 0.3 is 0 Å². The maximum Gasteiger partial charge on any atom is 0.269 e. The number of non-ortho nitro benzene ring substituents is 1. The van der Waals surface area contributed by atoms with Crippen molar-refractivity contribution in [2.45, 2.75) is 12.3 Å². The van der Waals surface area contributed by atoms with Crippen molar-refractivity contribution in [2.75, 3.05) is 20.3 Å². The van der Waals surface area contributed by atoms with E-state index in [1.807, 2.05) is 48.1 Å². The number of nitro benzene ring substituents is 1. The Morgan fingerprint density at radius 2 is 2.04 bits per heavy atom. The Labute approximate surface area is 163 Å². The third-order valence-corrected chi connectivity index (χ3v) is 4.80. The van der Waals surface area contributed by atoms with Crippen molar-refractivity contribution in [3.8, 4) is 0 Å². The molecule has 0 spiro atoms. The second-order valence-electron chi connectivity index (χ2n) is 6.66. The number of nitro groups is 1. The number of rotatable bonds is 8. The molecular weight excluding hydrogens is 358 g/mol. The number of nitrogens with zero attached hydrogens (tertiary/aromatic N) is 2. The number of aromatic nitrogens is 1. The minimum Gasteiger partial charge on any atom is -0.383 e. The topological polar surface area (TPSA) is 86.4 Å². The van der Waals surface area contributed by atoms with Gasteiger partial charge in [-0.25, -0.2) is 0 Å². The molecule has 7 nitrogen and oxygen atoms in total. The number of aryl methyl sites for hydroxylation is 1. The van der Waals surface area contributed by atoms with Gasteiger partial charge in [-0.05, 0) is 17.2 Å². The summed E-state index contributed by atoms with van der Waals surface area (Å²) >= 11 is 0. The molecule has 146 valence electrons. The van der Waals surface area contributed by atoms with Crippen LogP contribution in [0.3, 0.4) is 0 Å². The third kappa shape index (κ3) is 4.20. The molecule has 7 heteroatoms. The fraction of sp³-hybridized carbons (Fsp3) is 0.286. The van der Waals surface area contributed by atoms with Crippen LogP contribution in [0.2, 0.25) is 0 Å². The van der Waals surface area contributed by atoms with Gasteiger partial charge < -0.3 is 14.6 Å². The van der Waals surface area contributed by atoms with Crippen molar-refractivity contribution >= 4 is 22.5 Å². The molecule has 0 aliphatic heterocycles. The average Bonchev–Trinajstić information content (AvgIpc) is 3.03. The molecule has 0 saturated heterocycles. The second kappa shape index (κ2) is 8.67. The summed E-state index contributed by atoms with van der Waals surface area (Å²) in [5.74, 6) is -0.421. The van der Waals surface area contributed by atoms with Crippen LogP contribution in [0.4, 0.5) is 5.69 Å². The van der Waals surface area contributed by atoms with Crippen molar-refractivity contribution in [3.63, 3.8) is 0 Å². The molecule has 0 bridgehead atoms. The molecule has 28 heavy (non-hydrogen) atoms. The third-order valence-electron chi connectivity index (χ3n) is 4.80. The van der Waals surface area contributed by atoms with E-state index < -0.39 is 4.92 Å². The number of methoxy groups -OCH3 is 1. The predicted molar refractivity (Wildman–Crippen MR) is 107 cm³/mol. The van der Waals surface area contributed by atoms with Crippen molar-refractivity contribution in [1.82, 2.24) is 9.88 Å². The zero-order valence-corrected chi connectivity index (χ0v) is 15.9. The van der Waals surface area contributed by atoms with Gasteiger partial charge in [0.05, 0.1) is 11.5 Å². The summed E-state index contributed by atoms with van der Waals surface area (Å²) in [6.45, 7) is 0.855. The highest BCUT2D eigenvalue weighted by Crippen LogP contribution is 2.35. The lowest BCUT2D eigenvalue weighted by Crippen LogP contribution is -2.28. The molecule has 1 N–H and O–H groups in total. The number of carbonyl (C=O) groups excluding carboxylic acids is 1. The van der Waals surface area contributed by atoms with Crippen LogP contribution < -0.4 is 5.32 Å². The van der Waals surface area contributed by atoms with Crippen LogP contribution in [0, 0.1) is 10.1 Å². The highest BCUT2D eigenvalue weighted by Gasteiger charge is 2.23. The van der Waals surface area contributed by atoms with Crippen LogP contribution in [0.1, 0.15) is 23.5 Å². The molecule has 0 radical (unpaired) electrons. The van der Waals surface area contributed by atoms with Gasteiger partial charge in [0.2, 0.25) is 5.91 Å².